The Balaban J connectivity index is 1.77. The lowest BCUT2D eigenvalue weighted by molar-refractivity contribution is 1.17. The molecule has 0 aliphatic rings. The molecule has 5 heteroatoms. The lowest BCUT2D eigenvalue weighted by Crippen LogP contribution is -1.98. The van der Waals surface area contributed by atoms with Crippen LogP contribution in [-0.2, 0) is 0 Å². The molecule has 2 aromatic carbocycles. The van der Waals surface area contributed by atoms with Gasteiger partial charge in [-0.2, -0.15) is 0 Å². The number of thiophene rings is 1. The number of aryl methyl sites for hydroxylation is 1. The van der Waals surface area contributed by atoms with Crippen molar-refractivity contribution in [3.8, 4) is 21.7 Å². The molecule has 28 heavy (non-hydrogen) atoms. The Bertz CT molecular complexity index is 1100. The molecule has 0 saturated carbocycles. The van der Waals surface area contributed by atoms with Gasteiger partial charge in [0, 0.05) is 24.5 Å². The molecule has 0 aliphatic carbocycles. The fourth-order valence-electron chi connectivity index (χ4n) is 3.28. The second kappa shape index (κ2) is 7.82. The number of aromatic nitrogens is 2. The van der Waals surface area contributed by atoms with Crippen LogP contribution in [0, 0.1) is 13.8 Å². The van der Waals surface area contributed by atoms with E-state index in [4.69, 9.17) is 4.98 Å². The standard InChI is InChI=1S/C23H22N4S/c1-15-8-7-11-18(14-15)26-23-25-13-12-19(27-23)21-20(16(2)22(24-3)28-21)17-9-5-4-6-10-17/h4-14,24H,1-3H3,(H,25,26,27). The third kappa shape index (κ3) is 3.62. The van der Waals surface area contributed by atoms with Crippen molar-refractivity contribution in [2.75, 3.05) is 17.7 Å². The molecule has 4 aromatic rings. The second-order valence-electron chi connectivity index (χ2n) is 6.64. The van der Waals surface area contributed by atoms with Gasteiger partial charge < -0.3 is 10.6 Å². The van der Waals surface area contributed by atoms with E-state index in [1.165, 1.54) is 22.3 Å². The van der Waals surface area contributed by atoms with Crippen LogP contribution >= 0.6 is 11.3 Å². The van der Waals surface area contributed by atoms with Crippen molar-refractivity contribution in [1.29, 1.82) is 0 Å². The molecular weight excluding hydrogens is 364 g/mol. The molecule has 140 valence electrons. The highest BCUT2D eigenvalue weighted by Gasteiger charge is 2.18. The molecule has 0 bridgehead atoms. The van der Waals surface area contributed by atoms with Crippen LogP contribution in [0.3, 0.4) is 0 Å². The summed E-state index contributed by atoms with van der Waals surface area (Å²) in [6, 6.07) is 20.6. The topological polar surface area (TPSA) is 49.8 Å². The Morgan fingerprint density at radius 3 is 2.50 bits per heavy atom. The first kappa shape index (κ1) is 18.2. The average Bonchev–Trinajstić information content (AvgIpc) is 3.05. The van der Waals surface area contributed by atoms with Crippen LogP contribution in [0.2, 0.25) is 0 Å². The highest BCUT2D eigenvalue weighted by atomic mass is 32.1. The number of nitrogens with one attached hydrogen (secondary N) is 2. The molecule has 0 saturated heterocycles. The van der Waals surface area contributed by atoms with Gasteiger partial charge in [-0.25, -0.2) is 9.97 Å². The number of hydrogen-bond acceptors (Lipinski definition) is 5. The van der Waals surface area contributed by atoms with E-state index in [1.807, 2.05) is 37.5 Å². The van der Waals surface area contributed by atoms with Crippen molar-refractivity contribution in [3.05, 3.63) is 78.0 Å². The Kier molecular flexibility index (Phi) is 5.08. The van der Waals surface area contributed by atoms with Gasteiger partial charge in [-0.05, 0) is 48.7 Å². The zero-order valence-corrected chi connectivity index (χ0v) is 17.0. The summed E-state index contributed by atoms with van der Waals surface area (Å²) in [5.41, 5.74) is 6.74. The van der Waals surface area contributed by atoms with Crippen molar-refractivity contribution < 1.29 is 0 Å². The van der Waals surface area contributed by atoms with Crippen molar-refractivity contribution in [2.45, 2.75) is 13.8 Å². The molecule has 2 N–H and O–H groups in total. The van der Waals surface area contributed by atoms with Crippen molar-refractivity contribution in [2.24, 2.45) is 0 Å². The van der Waals surface area contributed by atoms with Crippen molar-refractivity contribution in [1.82, 2.24) is 9.97 Å². The fraction of sp³-hybridized carbons (Fsp3) is 0.130. The van der Waals surface area contributed by atoms with Crippen LogP contribution in [0.15, 0.2) is 66.9 Å². The van der Waals surface area contributed by atoms with E-state index >= 15 is 0 Å². The summed E-state index contributed by atoms with van der Waals surface area (Å²) < 4.78 is 0. The largest absolute Gasteiger partial charge is 0.380 e. The zero-order chi connectivity index (χ0) is 19.5. The van der Waals surface area contributed by atoms with Crippen LogP contribution in [0.25, 0.3) is 21.7 Å². The second-order valence-corrected chi connectivity index (χ2v) is 7.66. The van der Waals surface area contributed by atoms with Gasteiger partial charge in [0.15, 0.2) is 0 Å². The molecule has 0 amide bonds. The molecule has 0 aliphatic heterocycles. The zero-order valence-electron chi connectivity index (χ0n) is 16.2. The number of rotatable bonds is 5. The lowest BCUT2D eigenvalue weighted by Gasteiger charge is -2.09. The number of anilines is 3. The van der Waals surface area contributed by atoms with Gasteiger partial charge in [-0.3, -0.25) is 0 Å². The first-order valence-corrected chi connectivity index (χ1v) is 10.0. The van der Waals surface area contributed by atoms with Gasteiger partial charge in [-0.1, -0.05) is 42.5 Å². The van der Waals surface area contributed by atoms with E-state index in [0.717, 1.165) is 21.3 Å². The minimum absolute atomic E-state index is 0.596. The fourth-order valence-corrected chi connectivity index (χ4v) is 4.43. The predicted molar refractivity (Wildman–Crippen MR) is 120 cm³/mol. The Morgan fingerprint density at radius 1 is 0.929 bits per heavy atom. The summed E-state index contributed by atoms with van der Waals surface area (Å²) in [7, 11) is 1.96. The lowest BCUT2D eigenvalue weighted by atomic mass is 10.0. The van der Waals surface area contributed by atoms with E-state index in [-0.39, 0.29) is 0 Å². The minimum atomic E-state index is 0.596. The predicted octanol–water partition coefficient (Wildman–Crippen LogP) is 6.27. The highest BCUT2D eigenvalue weighted by molar-refractivity contribution is 7.20. The van der Waals surface area contributed by atoms with Gasteiger partial charge >= 0.3 is 0 Å². The third-order valence-electron chi connectivity index (χ3n) is 4.60. The normalized spacial score (nSPS) is 10.7. The average molecular weight is 387 g/mol. The molecule has 4 rings (SSSR count). The SMILES string of the molecule is CNc1sc(-c2ccnc(Nc3cccc(C)c3)n2)c(-c2ccccc2)c1C. The Morgan fingerprint density at radius 2 is 1.75 bits per heavy atom. The van der Waals surface area contributed by atoms with E-state index in [2.05, 4.69) is 65.9 Å². The first-order valence-electron chi connectivity index (χ1n) is 9.19. The van der Waals surface area contributed by atoms with E-state index in [1.54, 1.807) is 11.3 Å². The van der Waals surface area contributed by atoms with Crippen molar-refractivity contribution in [3.63, 3.8) is 0 Å². The van der Waals surface area contributed by atoms with E-state index < -0.39 is 0 Å². The van der Waals surface area contributed by atoms with Crippen LogP contribution < -0.4 is 10.6 Å². The van der Waals surface area contributed by atoms with Crippen LogP contribution in [-0.4, -0.2) is 17.0 Å². The van der Waals surface area contributed by atoms with Crippen LogP contribution in [0.1, 0.15) is 11.1 Å². The summed E-state index contributed by atoms with van der Waals surface area (Å²) in [5.74, 6) is 0.596. The molecule has 0 fully saturated rings. The quantitative estimate of drug-likeness (QED) is 0.424. The highest BCUT2D eigenvalue weighted by Crippen LogP contribution is 2.44. The summed E-state index contributed by atoms with van der Waals surface area (Å²) in [5, 5.41) is 7.79. The molecular formula is C23H22N4S. The summed E-state index contributed by atoms with van der Waals surface area (Å²) in [4.78, 5) is 10.4. The molecule has 0 atom stereocenters. The summed E-state index contributed by atoms with van der Waals surface area (Å²) >= 11 is 1.72. The Hall–Kier alpha value is -3.18. The van der Waals surface area contributed by atoms with Crippen molar-refractivity contribution >= 4 is 28.0 Å². The maximum Gasteiger partial charge on any atom is 0.227 e. The first-order chi connectivity index (χ1) is 13.7. The third-order valence-corrected chi connectivity index (χ3v) is 5.93. The number of hydrogen-bond donors (Lipinski definition) is 2. The van der Waals surface area contributed by atoms with E-state index in [0.29, 0.717) is 5.95 Å². The maximum absolute atomic E-state index is 4.80. The van der Waals surface area contributed by atoms with Crippen LogP contribution in [0.4, 0.5) is 16.6 Å². The molecule has 0 unspecified atom stereocenters. The molecule has 0 radical (unpaired) electrons. The van der Waals surface area contributed by atoms with Crippen LogP contribution in [0.5, 0.6) is 0 Å². The Labute approximate surface area is 169 Å². The minimum Gasteiger partial charge on any atom is -0.380 e. The molecule has 2 aromatic heterocycles. The number of benzene rings is 2. The molecule has 2 heterocycles. The monoisotopic (exact) mass is 386 g/mol. The van der Waals surface area contributed by atoms with Gasteiger partial charge in [0.05, 0.1) is 15.6 Å². The number of nitrogens with zero attached hydrogens (tertiary/aromatic N) is 2. The summed E-state index contributed by atoms with van der Waals surface area (Å²) in [6.07, 6.45) is 1.81. The summed E-state index contributed by atoms with van der Waals surface area (Å²) in [6.45, 7) is 4.23. The molecule has 4 nitrogen and oxygen atoms in total. The molecule has 0 spiro atoms. The van der Waals surface area contributed by atoms with E-state index in [9.17, 15) is 0 Å². The van der Waals surface area contributed by atoms with Gasteiger partial charge in [0.2, 0.25) is 5.95 Å². The smallest absolute Gasteiger partial charge is 0.227 e. The van der Waals surface area contributed by atoms with Gasteiger partial charge in [0.25, 0.3) is 0 Å². The van der Waals surface area contributed by atoms with Gasteiger partial charge in [0.1, 0.15) is 0 Å². The van der Waals surface area contributed by atoms with Gasteiger partial charge in [-0.15, -0.1) is 11.3 Å². The maximum atomic E-state index is 4.80.